The molecule has 0 aliphatic carbocycles. The Kier molecular flexibility index (Phi) is 5.37. The zero-order chi connectivity index (χ0) is 22.1. The Morgan fingerprint density at radius 1 is 0.844 bits per heavy atom. The second kappa shape index (κ2) is 8.48. The molecule has 6 heteroatoms. The van der Waals surface area contributed by atoms with Gasteiger partial charge < -0.3 is 4.90 Å². The zero-order valence-electron chi connectivity index (χ0n) is 17.2. The predicted octanol–water partition coefficient (Wildman–Crippen LogP) is 5.16. The fraction of sp³-hybridized carbons (Fsp3) is 0.115. The number of para-hydroxylation sites is 1. The summed E-state index contributed by atoms with van der Waals surface area (Å²) in [7, 11) is 0. The SMILES string of the molecule is O=C1NC(=O)/C(=C/c2cccc3c2N(Cc2ccc(-c4ccccc4)cc2)C(=O)CC3)S1. The molecule has 2 aliphatic rings. The zero-order valence-corrected chi connectivity index (χ0v) is 18.0. The van der Waals surface area contributed by atoms with Crippen molar-refractivity contribution in [1.82, 2.24) is 5.32 Å². The lowest BCUT2D eigenvalue weighted by atomic mass is 9.96. The topological polar surface area (TPSA) is 66.5 Å². The number of hydrogen-bond acceptors (Lipinski definition) is 4. The number of aryl methyl sites for hydroxylation is 1. The first-order valence-electron chi connectivity index (χ1n) is 10.4. The number of imide groups is 1. The maximum absolute atomic E-state index is 12.9. The van der Waals surface area contributed by atoms with Gasteiger partial charge in [-0.3, -0.25) is 19.7 Å². The van der Waals surface area contributed by atoms with Gasteiger partial charge in [0.15, 0.2) is 0 Å². The first kappa shape index (κ1) is 20.3. The number of carbonyl (C=O) groups excluding carboxylic acids is 3. The van der Waals surface area contributed by atoms with Crippen molar-refractivity contribution in [2.24, 2.45) is 0 Å². The summed E-state index contributed by atoms with van der Waals surface area (Å²) in [6, 6.07) is 24.2. The van der Waals surface area contributed by atoms with Crippen LogP contribution < -0.4 is 10.2 Å². The summed E-state index contributed by atoms with van der Waals surface area (Å²) in [4.78, 5) is 38.7. The summed E-state index contributed by atoms with van der Waals surface area (Å²) in [5.41, 5.74) is 5.94. The van der Waals surface area contributed by atoms with Crippen LogP contribution >= 0.6 is 11.8 Å². The molecule has 0 unspecified atom stereocenters. The molecule has 5 rings (SSSR count). The van der Waals surface area contributed by atoms with Crippen LogP contribution in [0.25, 0.3) is 17.2 Å². The van der Waals surface area contributed by atoms with Crippen LogP contribution in [0.2, 0.25) is 0 Å². The first-order chi connectivity index (χ1) is 15.6. The van der Waals surface area contributed by atoms with E-state index in [4.69, 9.17) is 0 Å². The highest BCUT2D eigenvalue weighted by Crippen LogP contribution is 2.36. The normalized spacial score (nSPS) is 16.9. The molecule has 0 spiro atoms. The Morgan fingerprint density at radius 2 is 1.59 bits per heavy atom. The van der Waals surface area contributed by atoms with Crippen LogP contribution in [-0.2, 0) is 22.6 Å². The van der Waals surface area contributed by atoms with E-state index in [0.717, 1.165) is 45.3 Å². The van der Waals surface area contributed by atoms with Gasteiger partial charge >= 0.3 is 0 Å². The highest BCUT2D eigenvalue weighted by Gasteiger charge is 2.29. The van der Waals surface area contributed by atoms with E-state index in [0.29, 0.717) is 24.3 Å². The number of nitrogens with one attached hydrogen (secondary N) is 1. The third kappa shape index (κ3) is 3.97. The molecule has 2 aliphatic heterocycles. The minimum absolute atomic E-state index is 0.0510. The van der Waals surface area contributed by atoms with Crippen molar-refractivity contribution < 1.29 is 14.4 Å². The first-order valence-corrected chi connectivity index (χ1v) is 11.2. The molecule has 0 radical (unpaired) electrons. The van der Waals surface area contributed by atoms with Crippen LogP contribution in [0.3, 0.4) is 0 Å². The van der Waals surface area contributed by atoms with Crippen LogP contribution in [0, 0.1) is 0 Å². The van der Waals surface area contributed by atoms with E-state index < -0.39 is 5.91 Å². The number of anilines is 1. The van der Waals surface area contributed by atoms with E-state index in [1.54, 1.807) is 11.0 Å². The molecule has 5 nitrogen and oxygen atoms in total. The Balaban J connectivity index is 1.47. The number of fused-ring (bicyclic) bond motifs is 1. The van der Waals surface area contributed by atoms with Gasteiger partial charge in [0.2, 0.25) is 5.91 Å². The third-order valence-electron chi connectivity index (χ3n) is 5.66. The predicted molar refractivity (Wildman–Crippen MR) is 127 cm³/mol. The fourth-order valence-corrected chi connectivity index (χ4v) is 4.78. The maximum atomic E-state index is 12.9. The van der Waals surface area contributed by atoms with Crippen molar-refractivity contribution in [3.8, 4) is 11.1 Å². The molecular formula is C26H20N2O3S. The molecule has 0 saturated carbocycles. The Morgan fingerprint density at radius 3 is 2.31 bits per heavy atom. The highest BCUT2D eigenvalue weighted by atomic mass is 32.2. The van der Waals surface area contributed by atoms with Crippen LogP contribution in [0.1, 0.15) is 23.1 Å². The Labute approximate surface area is 190 Å². The molecule has 3 amide bonds. The number of nitrogens with zero attached hydrogens (tertiary/aromatic N) is 1. The Hall–Kier alpha value is -3.64. The minimum Gasteiger partial charge on any atom is -0.307 e. The number of carbonyl (C=O) groups is 3. The fourth-order valence-electron chi connectivity index (χ4n) is 4.11. The van der Waals surface area contributed by atoms with Crippen LogP contribution in [0.5, 0.6) is 0 Å². The summed E-state index contributed by atoms with van der Waals surface area (Å²) >= 11 is 0.883. The quantitative estimate of drug-likeness (QED) is 0.570. The summed E-state index contributed by atoms with van der Waals surface area (Å²) in [5, 5.41) is 1.90. The number of hydrogen-bond donors (Lipinski definition) is 1. The molecule has 32 heavy (non-hydrogen) atoms. The van der Waals surface area contributed by atoms with Crippen molar-refractivity contribution in [2.45, 2.75) is 19.4 Å². The van der Waals surface area contributed by atoms with Gasteiger partial charge in [0.05, 0.1) is 17.1 Å². The summed E-state index contributed by atoms with van der Waals surface area (Å²) < 4.78 is 0. The van der Waals surface area contributed by atoms with E-state index in [1.807, 2.05) is 48.5 Å². The van der Waals surface area contributed by atoms with Crippen molar-refractivity contribution in [3.05, 3.63) is 94.4 Å². The van der Waals surface area contributed by atoms with Crippen LogP contribution in [-0.4, -0.2) is 17.1 Å². The van der Waals surface area contributed by atoms with Gasteiger partial charge in [0.1, 0.15) is 0 Å². The number of amides is 3. The number of benzene rings is 3. The molecule has 0 aromatic heterocycles. The van der Waals surface area contributed by atoms with E-state index in [2.05, 4.69) is 29.6 Å². The lowest BCUT2D eigenvalue weighted by Crippen LogP contribution is -2.35. The van der Waals surface area contributed by atoms with E-state index in [-0.39, 0.29) is 11.1 Å². The molecule has 1 N–H and O–H groups in total. The second-order valence-corrected chi connectivity index (χ2v) is 8.76. The molecule has 1 saturated heterocycles. The standard InChI is InChI=1S/C26H20N2O3S/c29-23-14-13-20-7-4-8-21(15-22-25(30)27-26(31)32-22)24(20)28(23)16-17-9-11-19(12-10-17)18-5-2-1-3-6-18/h1-12,15H,13-14,16H2,(H,27,30,31)/b22-15-. The molecule has 0 atom stereocenters. The second-order valence-electron chi connectivity index (χ2n) is 7.75. The molecule has 158 valence electrons. The summed E-state index contributed by atoms with van der Waals surface area (Å²) in [6.07, 6.45) is 2.81. The Bertz CT molecular complexity index is 1250. The molecule has 1 fully saturated rings. The highest BCUT2D eigenvalue weighted by molar-refractivity contribution is 8.18. The van der Waals surface area contributed by atoms with Gasteiger partial charge in [0, 0.05) is 6.42 Å². The monoisotopic (exact) mass is 440 g/mol. The maximum Gasteiger partial charge on any atom is 0.290 e. The van der Waals surface area contributed by atoms with E-state index in [9.17, 15) is 14.4 Å². The van der Waals surface area contributed by atoms with Crippen molar-refractivity contribution >= 4 is 40.6 Å². The minimum atomic E-state index is -0.400. The molecule has 0 bridgehead atoms. The van der Waals surface area contributed by atoms with Gasteiger partial charge in [0.25, 0.3) is 11.1 Å². The molecule has 2 heterocycles. The average molecular weight is 441 g/mol. The summed E-state index contributed by atoms with van der Waals surface area (Å²) in [5.74, 6) is -0.349. The van der Waals surface area contributed by atoms with Gasteiger partial charge in [-0.15, -0.1) is 0 Å². The van der Waals surface area contributed by atoms with E-state index in [1.165, 1.54) is 0 Å². The van der Waals surface area contributed by atoms with E-state index >= 15 is 0 Å². The van der Waals surface area contributed by atoms with Crippen molar-refractivity contribution in [1.29, 1.82) is 0 Å². The van der Waals surface area contributed by atoms with Gasteiger partial charge in [-0.2, -0.15) is 0 Å². The lowest BCUT2D eigenvalue weighted by molar-refractivity contribution is -0.119. The number of rotatable bonds is 4. The van der Waals surface area contributed by atoms with Gasteiger partial charge in [-0.25, -0.2) is 0 Å². The largest absolute Gasteiger partial charge is 0.307 e. The molecule has 3 aromatic carbocycles. The lowest BCUT2D eigenvalue weighted by Gasteiger charge is -2.31. The van der Waals surface area contributed by atoms with Crippen molar-refractivity contribution in [2.75, 3.05) is 4.90 Å². The average Bonchev–Trinajstić information content (AvgIpc) is 3.13. The number of thioether (sulfide) groups is 1. The van der Waals surface area contributed by atoms with Crippen molar-refractivity contribution in [3.63, 3.8) is 0 Å². The van der Waals surface area contributed by atoms with Gasteiger partial charge in [-0.05, 0) is 52.1 Å². The molecular weight excluding hydrogens is 420 g/mol. The smallest absolute Gasteiger partial charge is 0.290 e. The van der Waals surface area contributed by atoms with Crippen LogP contribution in [0.15, 0.2) is 77.7 Å². The van der Waals surface area contributed by atoms with Gasteiger partial charge in [-0.1, -0.05) is 72.8 Å². The summed E-state index contributed by atoms with van der Waals surface area (Å²) in [6.45, 7) is 0.444. The van der Waals surface area contributed by atoms with Crippen LogP contribution in [0.4, 0.5) is 10.5 Å². The molecule has 3 aromatic rings. The third-order valence-corrected chi connectivity index (χ3v) is 6.47.